The molecule has 2 unspecified atom stereocenters. The first kappa shape index (κ1) is 17.4. The molecule has 5 nitrogen and oxygen atoms in total. The van der Waals surface area contributed by atoms with Gasteiger partial charge in [0.15, 0.2) is 5.78 Å². The minimum atomic E-state index is -1.51. The molecule has 5 heteroatoms. The number of hydrogen-bond donors (Lipinski definition) is 3. The van der Waals surface area contributed by atoms with E-state index in [1.54, 1.807) is 0 Å². The van der Waals surface area contributed by atoms with Gasteiger partial charge in [-0.3, -0.25) is 9.59 Å². The van der Waals surface area contributed by atoms with Crippen LogP contribution in [-0.4, -0.2) is 45.7 Å². The van der Waals surface area contributed by atoms with E-state index < -0.39 is 34.9 Å². The lowest BCUT2D eigenvalue weighted by atomic mass is 9.39. The molecule has 0 aromatic carbocycles. The van der Waals surface area contributed by atoms with Crippen molar-refractivity contribution in [3.8, 4) is 0 Å². The van der Waals surface area contributed by atoms with Crippen molar-refractivity contribution < 1.29 is 24.9 Å². The van der Waals surface area contributed by atoms with Crippen molar-refractivity contribution in [1.82, 2.24) is 0 Å². The number of aliphatic hydroxyl groups excluding tert-OH is 3. The van der Waals surface area contributed by atoms with E-state index in [1.165, 1.54) is 0 Å². The highest BCUT2D eigenvalue weighted by Gasteiger charge is 2.76. The SMILES string of the molecule is C=C1C(=O)C23[C@H](O)C[C@@H]4C(C)(C)CCC[C@@]4(CO)[C@@H]2C(=O)CC1[C@@H]3O. The lowest BCUT2D eigenvalue weighted by Crippen LogP contribution is -2.70. The number of aliphatic hydroxyl groups is 3. The third kappa shape index (κ3) is 1.75. The highest BCUT2D eigenvalue weighted by Crippen LogP contribution is 2.70. The summed E-state index contributed by atoms with van der Waals surface area (Å²) in [6, 6.07) is 0. The topological polar surface area (TPSA) is 94.8 Å². The van der Waals surface area contributed by atoms with Crippen molar-refractivity contribution >= 4 is 11.6 Å². The molecule has 4 saturated carbocycles. The molecule has 1 spiro atoms. The van der Waals surface area contributed by atoms with Gasteiger partial charge in [-0.05, 0) is 36.2 Å². The van der Waals surface area contributed by atoms with Gasteiger partial charge < -0.3 is 15.3 Å². The smallest absolute Gasteiger partial charge is 0.170 e. The normalized spacial score (nSPS) is 51.2. The van der Waals surface area contributed by atoms with Gasteiger partial charge in [-0.1, -0.05) is 26.8 Å². The highest BCUT2D eigenvalue weighted by molar-refractivity contribution is 6.09. The summed E-state index contributed by atoms with van der Waals surface area (Å²) in [5.41, 5.74) is -2.12. The molecule has 4 rings (SSSR count). The van der Waals surface area contributed by atoms with Gasteiger partial charge in [-0.2, -0.15) is 0 Å². The van der Waals surface area contributed by atoms with Crippen LogP contribution in [0.1, 0.15) is 46.0 Å². The molecule has 0 saturated heterocycles. The van der Waals surface area contributed by atoms with E-state index in [1.807, 2.05) is 0 Å². The van der Waals surface area contributed by atoms with Crippen LogP contribution in [-0.2, 0) is 9.59 Å². The van der Waals surface area contributed by atoms with E-state index in [2.05, 4.69) is 20.4 Å². The summed E-state index contributed by atoms with van der Waals surface area (Å²) in [7, 11) is 0. The summed E-state index contributed by atoms with van der Waals surface area (Å²) in [6.07, 6.45) is 0.743. The number of fused-ring (bicyclic) bond motifs is 3. The molecule has 0 heterocycles. The molecule has 0 aromatic heterocycles. The summed E-state index contributed by atoms with van der Waals surface area (Å²) in [5, 5.41) is 32.5. The lowest BCUT2D eigenvalue weighted by molar-refractivity contribution is -0.232. The Morgan fingerprint density at radius 1 is 1.20 bits per heavy atom. The quantitative estimate of drug-likeness (QED) is 0.620. The van der Waals surface area contributed by atoms with Crippen LogP contribution in [0.15, 0.2) is 12.2 Å². The lowest BCUT2D eigenvalue weighted by Gasteiger charge is -2.64. The fraction of sp³-hybridized carbons (Fsp3) is 0.800. The van der Waals surface area contributed by atoms with E-state index in [0.29, 0.717) is 12.8 Å². The minimum absolute atomic E-state index is 0.0567. The maximum Gasteiger partial charge on any atom is 0.170 e. The Morgan fingerprint density at radius 2 is 1.88 bits per heavy atom. The van der Waals surface area contributed by atoms with Gasteiger partial charge in [0.25, 0.3) is 0 Å². The molecule has 25 heavy (non-hydrogen) atoms. The third-order valence-electron chi connectivity index (χ3n) is 8.20. The van der Waals surface area contributed by atoms with Crippen LogP contribution in [0.4, 0.5) is 0 Å². The minimum Gasteiger partial charge on any atom is -0.396 e. The number of Topliss-reactive ketones (excluding diaryl/α,β-unsaturated/α-hetero) is 2. The summed E-state index contributed by atoms with van der Waals surface area (Å²) < 4.78 is 0. The summed E-state index contributed by atoms with van der Waals surface area (Å²) in [6.45, 7) is 7.88. The van der Waals surface area contributed by atoms with Gasteiger partial charge in [-0.15, -0.1) is 0 Å². The van der Waals surface area contributed by atoms with Crippen LogP contribution >= 0.6 is 0 Å². The second-order valence-electron chi connectivity index (χ2n) is 9.48. The van der Waals surface area contributed by atoms with E-state index in [0.717, 1.165) is 12.8 Å². The second kappa shape index (κ2) is 5.02. The molecule has 2 bridgehead atoms. The molecule has 0 aromatic rings. The zero-order valence-electron chi connectivity index (χ0n) is 15.0. The Bertz CT molecular complexity index is 667. The van der Waals surface area contributed by atoms with Crippen LogP contribution in [0, 0.1) is 34.0 Å². The van der Waals surface area contributed by atoms with Gasteiger partial charge in [0.1, 0.15) is 5.78 Å². The van der Waals surface area contributed by atoms with E-state index in [9.17, 15) is 24.9 Å². The van der Waals surface area contributed by atoms with E-state index >= 15 is 0 Å². The van der Waals surface area contributed by atoms with Gasteiger partial charge in [0.2, 0.25) is 0 Å². The average Bonchev–Trinajstić information content (AvgIpc) is 2.67. The molecule has 0 amide bonds. The van der Waals surface area contributed by atoms with Gasteiger partial charge in [-0.25, -0.2) is 0 Å². The van der Waals surface area contributed by atoms with Gasteiger partial charge >= 0.3 is 0 Å². The zero-order valence-corrected chi connectivity index (χ0v) is 15.0. The van der Waals surface area contributed by atoms with Crippen LogP contribution < -0.4 is 0 Å². The summed E-state index contributed by atoms with van der Waals surface area (Å²) in [5.74, 6) is -1.93. The fourth-order valence-corrected chi connectivity index (χ4v) is 7.18. The van der Waals surface area contributed by atoms with Crippen LogP contribution in [0.2, 0.25) is 0 Å². The largest absolute Gasteiger partial charge is 0.396 e. The standard InChI is InChI=1S/C20H28O5/c1-10-11-7-12(22)15-19(9-21)6-4-5-18(2,3)13(19)8-14(23)20(15,16(10)24)17(11)25/h11,13-15,17,21,23,25H,1,4-9H2,2-3H3/t11?,13-,14-,15+,17+,19+,20?/m1/s1. The van der Waals surface area contributed by atoms with Crippen LogP contribution in [0.3, 0.4) is 0 Å². The van der Waals surface area contributed by atoms with Crippen molar-refractivity contribution in [1.29, 1.82) is 0 Å². The van der Waals surface area contributed by atoms with Crippen molar-refractivity contribution in [3.05, 3.63) is 12.2 Å². The van der Waals surface area contributed by atoms with Crippen molar-refractivity contribution in [2.45, 2.75) is 58.2 Å². The molecule has 4 fully saturated rings. The van der Waals surface area contributed by atoms with Gasteiger partial charge in [0, 0.05) is 30.3 Å². The fourth-order valence-electron chi connectivity index (χ4n) is 7.18. The third-order valence-corrected chi connectivity index (χ3v) is 8.20. The van der Waals surface area contributed by atoms with Crippen molar-refractivity contribution in [2.75, 3.05) is 6.61 Å². The van der Waals surface area contributed by atoms with Gasteiger partial charge in [0.05, 0.1) is 17.6 Å². The molecule has 0 radical (unpaired) electrons. The van der Waals surface area contributed by atoms with Crippen LogP contribution in [0.25, 0.3) is 0 Å². The molecular formula is C20H28O5. The Morgan fingerprint density at radius 3 is 2.52 bits per heavy atom. The van der Waals surface area contributed by atoms with Crippen molar-refractivity contribution in [2.24, 2.45) is 34.0 Å². The number of rotatable bonds is 1. The predicted molar refractivity (Wildman–Crippen MR) is 90.5 cm³/mol. The Labute approximate surface area is 148 Å². The Kier molecular flexibility index (Phi) is 3.49. The molecular weight excluding hydrogens is 320 g/mol. The number of hydrogen-bond acceptors (Lipinski definition) is 5. The maximum absolute atomic E-state index is 13.2. The first-order valence-electron chi connectivity index (χ1n) is 9.38. The maximum atomic E-state index is 13.2. The Hall–Kier alpha value is -1.04. The average molecular weight is 348 g/mol. The molecule has 4 aliphatic carbocycles. The number of carbonyl (C=O) groups excluding carboxylic acids is 2. The van der Waals surface area contributed by atoms with Crippen molar-refractivity contribution in [3.63, 3.8) is 0 Å². The molecule has 7 atom stereocenters. The first-order valence-corrected chi connectivity index (χ1v) is 9.38. The monoisotopic (exact) mass is 348 g/mol. The predicted octanol–water partition coefficient (Wildman–Crippen LogP) is 1.25. The van der Waals surface area contributed by atoms with E-state index in [4.69, 9.17) is 0 Å². The number of carbonyl (C=O) groups is 2. The molecule has 3 N–H and O–H groups in total. The number of ketones is 2. The molecule has 138 valence electrons. The second-order valence-corrected chi connectivity index (χ2v) is 9.48. The summed E-state index contributed by atoms with van der Waals surface area (Å²) >= 11 is 0. The Balaban J connectivity index is 1.96. The molecule has 0 aliphatic heterocycles. The summed E-state index contributed by atoms with van der Waals surface area (Å²) in [4.78, 5) is 26.3. The van der Waals surface area contributed by atoms with E-state index in [-0.39, 0.29) is 41.5 Å². The van der Waals surface area contributed by atoms with Crippen LogP contribution in [0.5, 0.6) is 0 Å². The first-order chi connectivity index (χ1) is 11.6. The zero-order chi connectivity index (χ0) is 18.4. The highest BCUT2D eigenvalue weighted by atomic mass is 16.3. The molecule has 4 aliphatic rings.